The van der Waals surface area contributed by atoms with Gasteiger partial charge < -0.3 is 14.3 Å². The SMILES string of the molecule is [O-][N+]1=C2[C@H](c3cc(Br)ccc3O[C@@H]2C(Cl)(Cl)Cl)[C@@H]2CCCC[C@]2(N2CCOCC2)O1. The van der Waals surface area contributed by atoms with Crippen LogP contribution in [0.4, 0.5) is 0 Å². The van der Waals surface area contributed by atoms with Crippen LogP contribution in [0.3, 0.4) is 0 Å². The van der Waals surface area contributed by atoms with E-state index in [4.69, 9.17) is 49.1 Å². The van der Waals surface area contributed by atoms with E-state index in [1.165, 1.54) is 0 Å². The number of hydrogen-bond acceptors (Lipinski definition) is 5. The zero-order chi connectivity index (χ0) is 21.1. The fourth-order valence-electron chi connectivity index (χ4n) is 5.53. The lowest BCUT2D eigenvalue weighted by Crippen LogP contribution is -2.67. The van der Waals surface area contributed by atoms with E-state index in [1.54, 1.807) is 0 Å². The summed E-state index contributed by atoms with van der Waals surface area (Å²) in [7, 11) is 0. The highest BCUT2D eigenvalue weighted by molar-refractivity contribution is 9.10. The zero-order valence-electron chi connectivity index (χ0n) is 16.2. The van der Waals surface area contributed by atoms with Gasteiger partial charge in [0.15, 0.2) is 0 Å². The largest absolute Gasteiger partial charge is 0.475 e. The monoisotopic (exact) mass is 538 g/mol. The standard InChI is InChI=1S/C20H22BrCl3N2O4/c21-12-4-5-15-13(11-12)16-14-3-1-2-6-19(14,25-7-9-28-10-8-25)30-26(27)17(16)18(29-15)20(22,23)24/h4-5,11,14,16,18H,1-3,6-10H2/t14-,16+,18-,19-/m0/s1. The summed E-state index contributed by atoms with van der Waals surface area (Å²) < 4.78 is 10.7. The Bertz CT molecular complexity index is 874. The van der Waals surface area contributed by atoms with Gasteiger partial charge in [-0.1, -0.05) is 63.6 Å². The summed E-state index contributed by atoms with van der Waals surface area (Å²) in [5.41, 5.74) is 0.558. The zero-order valence-corrected chi connectivity index (χ0v) is 20.0. The van der Waals surface area contributed by atoms with Gasteiger partial charge in [-0.25, -0.2) is 0 Å². The second kappa shape index (κ2) is 7.85. The van der Waals surface area contributed by atoms with Crippen LogP contribution in [0.5, 0.6) is 5.75 Å². The topological polar surface area (TPSA) is 57.0 Å². The average molecular weight is 541 g/mol. The Morgan fingerprint density at radius 2 is 1.97 bits per heavy atom. The molecular weight excluding hydrogens is 518 g/mol. The number of fused-ring (bicyclic) bond motifs is 5. The van der Waals surface area contributed by atoms with E-state index in [1.807, 2.05) is 18.2 Å². The third-order valence-corrected chi connectivity index (χ3v) is 7.80. The highest BCUT2D eigenvalue weighted by Crippen LogP contribution is 2.55. The van der Waals surface area contributed by atoms with Crippen molar-refractivity contribution in [1.82, 2.24) is 4.90 Å². The molecule has 1 aromatic carbocycles. The van der Waals surface area contributed by atoms with Crippen LogP contribution < -0.4 is 4.74 Å². The number of morpholine rings is 1. The molecule has 164 valence electrons. The summed E-state index contributed by atoms with van der Waals surface area (Å²) in [6, 6.07) is 5.76. The molecule has 1 aromatic rings. The summed E-state index contributed by atoms with van der Waals surface area (Å²) in [4.78, 5) is 9.06. The molecule has 1 saturated carbocycles. The van der Waals surface area contributed by atoms with Crippen molar-refractivity contribution in [2.75, 3.05) is 26.3 Å². The summed E-state index contributed by atoms with van der Waals surface area (Å²) in [6.07, 6.45) is 2.73. The van der Waals surface area contributed by atoms with Gasteiger partial charge in [0.2, 0.25) is 9.90 Å². The molecule has 6 nitrogen and oxygen atoms in total. The van der Waals surface area contributed by atoms with Gasteiger partial charge in [0, 0.05) is 33.9 Å². The van der Waals surface area contributed by atoms with Crippen LogP contribution in [0, 0.1) is 11.1 Å². The number of halogens is 4. The fraction of sp³-hybridized carbons (Fsp3) is 0.650. The number of nitrogens with zero attached hydrogens (tertiary/aromatic N) is 2. The van der Waals surface area contributed by atoms with E-state index < -0.39 is 15.6 Å². The van der Waals surface area contributed by atoms with E-state index in [0.717, 1.165) is 48.8 Å². The summed E-state index contributed by atoms with van der Waals surface area (Å²) in [5, 5.41) is 13.4. The highest BCUT2D eigenvalue weighted by atomic mass is 79.9. The van der Waals surface area contributed by atoms with Crippen LogP contribution in [0.25, 0.3) is 0 Å². The Morgan fingerprint density at radius 1 is 1.20 bits per heavy atom. The van der Waals surface area contributed by atoms with Crippen LogP contribution in [0.15, 0.2) is 22.7 Å². The van der Waals surface area contributed by atoms with Gasteiger partial charge in [-0.05, 0) is 31.0 Å². The van der Waals surface area contributed by atoms with E-state index in [9.17, 15) is 5.21 Å². The molecule has 1 saturated heterocycles. The molecule has 0 aromatic heterocycles. The van der Waals surface area contributed by atoms with Crippen molar-refractivity contribution >= 4 is 56.4 Å². The minimum atomic E-state index is -1.81. The first-order valence-corrected chi connectivity index (χ1v) is 12.1. The lowest BCUT2D eigenvalue weighted by molar-refractivity contribution is -0.787. The predicted molar refractivity (Wildman–Crippen MR) is 118 cm³/mol. The first-order chi connectivity index (χ1) is 14.3. The van der Waals surface area contributed by atoms with Gasteiger partial charge in [0.25, 0.3) is 5.71 Å². The molecule has 2 fully saturated rings. The molecule has 3 heterocycles. The van der Waals surface area contributed by atoms with Crippen LogP contribution >= 0.6 is 50.7 Å². The second-order valence-electron chi connectivity index (χ2n) is 8.27. The Morgan fingerprint density at radius 3 is 2.70 bits per heavy atom. The van der Waals surface area contributed by atoms with Crippen molar-refractivity contribution in [1.29, 1.82) is 0 Å². The maximum atomic E-state index is 13.4. The number of benzene rings is 1. The first kappa shape index (κ1) is 21.4. The highest BCUT2D eigenvalue weighted by Gasteiger charge is 2.62. The molecule has 5 rings (SSSR count). The smallest absolute Gasteiger partial charge is 0.274 e. The van der Waals surface area contributed by atoms with Crippen LogP contribution in [-0.4, -0.2) is 57.4 Å². The van der Waals surface area contributed by atoms with Crippen molar-refractivity contribution < 1.29 is 19.2 Å². The van der Waals surface area contributed by atoms with Gasteiger partial charge in [-0.3, -0.25) is 10.1 Å². The third-order valence-electron chi connectivity index (χ3n) is 6.72. The molecule has 4 aliphatic rings. The summed E-state index contributed by atoms with van der Waals surface area (Å²) >= 11 is 22.4. The van der Waals surface area contributed by atoms with E-state index in [-0.39, 0.29) is 11.8 Å². The third kappa shape index (κ3) is 3.41. The summed E-state index contributed by atoms with van der Waals surface area (Å²) in [6.45, 7) is 2.70. The van der Waals surface area contributed by atoms with Crippen LogP contribution in [-0.2, 0) is 9.57 Å². The Kier molecular flexibility index (Phi) is 5.60. The van der Waals surface area contributed by atoms with Crippen LogP contribution in [0.1, 0.15) is 37.2 Å². The molecule has 30 heavy (non-hydrogen) atoms. The Hall–Kier alpha value is -0.440. The Balaban J connectivity index is 1.70. The number of rotatable bonds is 1. The molecular formula is C20H22BrCl3N2O4. The maximum Gasteiger partial charge on any atom is 0.274 e. The van der Waals surface area contributed by atoms with Crippen molar-refractivity contribution in [3.8, 4) is 5.75 Å². The van der Waals surface area contributed by atoms with Crippen molar-refractivity contribution in [3.63, 3.8) is 0 Å². The lowest BCUT2D eigenvalue weighted by atomic mass is 9.66. The van der Waals surface area contributed by atoms with Crippen LogP contribution in [0.2, 0.25) is 0 Å². The number of hydrogen-bond donors (Lipinski definition) is 0. The van der Waals surface area contributed by atoms with Gasteiger partial charge in [0.1, 0.15) is 11.5 Å². The molecule has 4 atom stereocenters. The molecule has 0 bridgehead atoms. The van der Waals surface area contributed by atoms with E-state index in [0.29, 0.717) is 29.6 Å². The maximum absolute atomic E-state index is 13.4. The molecule has 0 N–H and O–H groups in total. The summed E-state index contributed by atoms with van der Waals surface area (Å²) in [5.74, 6) is 0.414. The quantitative estimate of drug-likeness (QED) is 0.379. The molecule has 3 aliphatic heterocycles. The van der Waals surface area contributed by atoms with Crippen molar-refractivity contribution in [2.45, 2.75) is 47.2 Å². The normalized spacial score (nSPS) is 34.3. The van der Waals surface area contributed by atoms with Crippen molar-refractivity contribution in [3.05, 3.63) is 33.4 Å². The number of ether oxygens (including phenoxy) is 2. The number of alkyl halides is 3. The van der Waals surface area contributed by atoms with Gasteiger partial charge in [-0.2, -0.15) is 0 Å². The molecule has 0 amide bonds. The Labute approximate surface area is 198 Å². The minimum Gasteiger partial charge on any atom is -0.475 e. The van der Waals surface area contributed by atoms with Gasteiger partial charge in [-0.15, -0.1) is 0 Å². The lowest BCUT2D eigenvalue weighted by Gasteiger charge is -2.57. The average Bonchev–Trinajstić information content (AvgIpc) is 2.73. The van der Waals surface area contributed by atoms with Gasteiger partial charge >= 0.3 is 0 Å². The molecule has 1 aliphatic carbocycles. The van der Waals surface area contributed by atoms with E-state index in [2.05, 4.69) is 20.8 Å². The molecule has 10 heteroatoms. The van der Waals surface area contributed by atoms with Gasteiger partial charge in [0.05, 0.1) is 19.1 Å². The second-order valence-corrected chi connectivity index (χ2v) is 11.6. The molecule has 0 unspecified atom stereocenters. The molecule has 0 radical (unpaired) electrons. The van der Waals surface area contributed by atoms with E-state index >= 15 is 0 Å². The predicted octanol–water partition coefficient (Wildman–Crippen LogP) is 4.78. The van der Waals surface area contributed by atoms with Crippen molar-refractivity contribution in [2.24, 2.45) is 5.92 Å². The molecule has 0 spiro atoms. The minimum absolute atomic E-state index is 0.0383. The fourth-order valence-corrected chi connectivity index (χ4v) is 6.38. The first-order valence-electron chi connectivity index (χ1n) is 10.2.